The molecule has 0 radical (unpaired) electrons. The maximum Gasteiger partial charge on any atom is 0.172 e. The predicted molar refractivity (Wildman–Crippen MR) is 69.8 cm³/mol. The summed E-state index contributed by atoms with van der Waals surface area (Å²) in [6.45, 7) is 4.23. The quantitative estimate of drug-likeness (QED) is 0.823. The summed E-state index contributed by atoms with van der Waals surface area (Å²) in [5.41, 5.74) is 5.53. The number of hydrogen-bond donors (Lipinski definition) is 1. The molecule has 0 aliphatic carbocycles. The Balaban J connectivity index is 3.15. The molecule has 17 heavy (non-hydrogen) atoms. The van der Waals surface area contributed by atoms with E-state index in [4.69, 9.17) is 22.1 Å². The number of rotatable bonds is 5. The SMILES string of the molecule is COc1ccc(Cl)cc1C(=O)C(C)(C)CCN. The molecule has 3 nitrogen and oxygen atoms in total. The van der Waals surface area contributed by atoms with Crippen molar-refractivity contribution in [3.8, 4) is 5.75 Å². The minimum Gasteiger partial charge on any atom is -0.496 e. The maximum absolute atomic E-state index is 12.4. The molecule has 0 aliphatic heterocycles. The number of methoxy groups -OCH3 is 1. The topological polar surface area (TPSA) is 52.3 Å². The summed E-state index contributed by atoms with van der Waals surface area (Å²) in [6.07, 6.45) is 0.626. The van der Waals surface area contributed by atoms with Crippen molar-refractivity contribution in [2.75, 3.05) is 13.7 Å². The van der Waals surface area contributed by atoms with E-state index in [9.17, 15) is 4.79 Å². The van der Waals surface area contributed by atoms with Crippen LogP contribution in [0.25, 0.3) is 0 Å². The molecular formula is C13H18ClNO2. The number of Topliss-reactive ketones (excluding diaryl/α,β-unsaturated/α-hetero) is 1. The minimum atomic E-state index is -0.507. The van der Waals surface area contributed by atoms with Gasteiger partial charge in [-0.2, -0.15) is 0 Å². The van der Waals surface area contributed by atoms with Gasteiger partial charge < -0.3 is 10.5 Å². The Bertz CT molecular complexity index is 416. The van der Waals surface area contributed by atoms with E-state index in [1.54, 1.807) is 18.2 Å². The highest BCUT2D eigenvalue weighted by Crippen LogP contribution is 2.31. The number of nitrogens with two attached hydrogens (primary N) is 1. The van der Waals surface area contributed by atoms with Crippen LogP contribution in [0.2, 0.25) is 5.02 Å². The Hall–Kier alpha value is -1.06. The molecule has 0 fully saturated rings. The van der Waals surface area contributed by atoms with Gasteiger partial charge in [-0.1, -0.05) is 25.4 Å². The van der Waals surface area contributed by atoms with Crippen molar-refractivity contribution in [3.05, 3.63) is 28.8 Å². The van der Waals surface area contributed by atoms with Crippen molar-refractivity contribution in [2.45, 2.75) is 20.3 Å². The van der Waals surface area contributed by atoms with Gasteiger partial charge in [-0.05, 0) is 31.2 Å². The molecule has 1 aromatic carbocycles. The van der Waals surface area contributed by atoms with E-state index in [0.717, 1.165) is 0 Å². The largest absolute Gasteiger partial charge is 0.496 e. The Morgan fingerprint density at radius 1 is 1.47 bits per heavy atom. The molecular weight excluding hydrogens is 238 g/mol. The van der Waals surface area contributed by atoms with Crippen molar-refractivity contribution < 1.29 is 9.53 Å². The Morgan fingerprint density at radius 2 is 2.12 bits per heavy atom. The van der Waals surface area contributed by atoms with Crippen molar-refractivity contribution in [1.29, 1.82) is 0 Å². The first-order valence-corrected chi connectivity index (χ1v) is 5.88. The standard InChI is InChI=1S/C13H18ClNO2/c1-13(2,6-7-15)12(16)10-8-9(14)4-5-11(10)17-3/h4-5,8H,6-7,15H2,1-3H3. The van der Waals surface area contributed by atoms with Crippen LogP contribution in [0, 0.1) is 5.41 Å². The van der Waals surface area contributed by atoms with E-state index in [-0.39, 0.29) is 5.78 Å². The second-order valence-corrected chi connectivity index (χ2v) is 5.03. The predicted octanol–water partition coefficient (Wildman–Crippen LogP) is 2.91. The van der Waals surface area contributed by atoms with Crippen molar-refractivity contribution in [3.63, 3.8) is 0 Å². The summed E-state index contributed by atoms with van der Waals surface area (Å²) < 4.78 is 5.18. The van der Waals surface area contributed by atoms with Gasteiger partial charge in [0, 0.05) is 10.4 Å². The number of ether oxygens (including phenoxy) is 1. The van der Waals surface area contributed by atoms with Gasteiger partial charge in [0.25, 0.3) is 0 Å². The van der Waals surface area contributed by atoms with Crippen LogP contribution in [0.15, 0.2) is 18.2 Å². The molecule has 0 aromatic heterocycles. The van der Waals surface area contributed by atoms with Crippen LogP contribution in [-0.4, -0.2) is 19.4 Å². The zero-order valence-corrected chi connectivity index (χ0v) is 11.2. The van der Waals surface area contributed by atoms with Gasteiger partial charge in [-0.3, -0.25) is 4.79 Å². The minimum absolute atomic E-state index is 0.00213. The first-order valence-electron chi connectivity index (χ1n) is 5.51. The molecule has 0 saturated carbocycles. The third kappa shape index (κ3) is 3.20. The maximum atomic E-state index is 12.4. The lowest BCUT2D eigenvalue weighted by atomic mass is 9.81. The number of hydrogen-bond acceptors (Lipinski definition) is 3. The average Bonchev–Trinajstić information content (AvgIpc) is 2.28. The zero-order valence-electron chi connectivity index (χ0n) is 10.4. The fraction of sp³-hybridized carbons (Fsp3) is 0.462. The molecule has 0 amide bonds. The van der Waals surface area contributed by atoms with E-state index in [1.165, 1.54) is 7.11 Å². The van der Waals surface area contributed by atoms with Gasteiger partial charge in [0.15, 0.2) is 5.78 Å². The van der Waals surface area contributed by atoms with Crippen LogP contribution < -0.4 is 10.5 Å². The van der Waals surface area contributed by atoms with Crippen LogP contribution in [0.5, 0.6) is 5.75 Å². The number of ketones is 1. The third-order valence-electron chi connectivity index (χ3n) is 2.79. The Morgan fingerprint density at radius 3 is 2.65 bits per heavy atom. The van der Waals surface area contributed by atoms with Crippen LogP contribution in [0.4, 0.5) is 0 Å². The summed E-state index contributed by atoms with van der Waals surface area (Å²) >= 11 is 5.91. The lowest BCUT2D eigenvalue weighted by Gasteiger charge is -2.23. The average molecular weight is 256 g/mol. The molecule has 0 aliphatic rings. The molecule has 1 rings (SSSR count). The molecule has 0 spiro atoms. The van der Waals surface area contributed by atoms with E-state index in [1.807, 2.05) is 13.8 Å². The van der Waals surface area contributed by atoms with E-state index in [2.05, 4.69) is 0 Å². The summed E-state index contributed by atoms with van der Waals surface area (Å²) in [5, 5.41) is 0.526. The highest BCUT2D eigenvalue weighted by Gasteiger charge is 2.29. The van der Waals surface area contributed by atoms with Gasteiger partial charge in [-0.25, -0.2) is 0 Å². The number of halogens is 1. The lowest BCUT2D eigenvalue weighted by molar-refractivity contribution is 0.0826. The van der Waals surface area contributed by atoms with E-state index >= 15 is 0 Å². The monoisotopic (exact) mass is 255 g/mol. The molecule has 1 aromatic rings. The molecule has 0 heterocycles. The van der Waals surface area contributed by atoms with E-state index in [0.29, 0.717) is 29.3 Å². The molecule has 0 unspecified atom stereocenters. The summed E-state index contributed by atoms with van der Waals surface area (Å²) in [4.78, 5) is 12.4. The first kappa shape index (κ1) is 14.0. The summed E-state index contributed by atoms with van der Waals surface area (Å²) in [7, 11) is 1.54. The van der Waals surface area contributed by atoms with Crippen LogP contribution >= 0.6 is 11.6 Å². The molecule has 2 N–H and O–H groups in total. The van der Waals surface area contributed by atoms with Crippen molar-refractivity contribution in [2.24, 2.45) is 11.1 Å². The Labute approximate surface area is 107 Å². The zero-order chi connectivity index (χ0) is 13.1. The fourth-order valence-electron chi connectivity index (χ4n) is 1.70. The number of benzene rings is 1. The van der Waals surface area contributed by atoms with Crippen molar-refractivity contribution >= 4 is 17.4 Å². The van der Waals surface area contributed by atoms with Gasteiger partial charge in [0.05, 0.1) is 12.7 Å². The number of carbonyl (C=O) groups excluding carboxylic acids is 1. The molecule has 94 valence electrons. The Kier molecular flexibility index (Phi) is 4.54. The van der Waals surface area contributed by atoms with Gasteiger partial charge >= 0.3 is 0 Å². The summed E-state index contributed by atoms with van der Waals surface area (Å²) in [5.74, 6) is 0.548. The molecule has 4 heteroatoms. The first-order chi connectivity index (χ1) is 7.92. The fourth-order valence-corrected chi connectivity index (χ4v) is 1.87. The van der Waals surface area contributed by atoms with Crippen molar-refractivity contribution in [1.82, 2.24) is 0 Å². The smallest absolute Gasteiger partial charge is 0.172 e. The highest BCUT2D eigenvalue weighted by molar-refractivity contribution is 6.31. The van der Waals surface area contributed by atoms with Crippen LogP contribution in [0.3, 0.4) is 0 Å². The van der Waals surface area contributed by atoms with Gasteiger partial charge in [0.2, 0.25) is 0 Å². The normalized spacial score (nSPS) is 11.4. The molecule has 0 bridgehead atoms. The lowest BCUT2D eigenvalue weighted by Crippen LogP contribution is -2.27. The number of carbonyl (C=O) groups is 1. The second kappa shape index (κ2) is 5.52. The summed E-state index contributed by atoms with van der Waals surface area (Å²) in [6, 6.07) is 5.04. The van der Waals surface area contributed by atoms with Gasteiger partial charge in [0.1, 0.15) is 5.75 Å². The molecule has 0 saturated heterocycles. The van der Waals surface area contributed by atoms with Crippen LogP contribution in [0.1, 0.15) is 30.6 Å². The highest BCUT2D eigenvalue weighted by atomic mass is 35.5. The van der Waals surface area contributed by atoms with Gasteiger partial charge in [-0.15, -0.1) is 0 Å². The molecule has 0 atom stereocenters. The van der Waals surface area contributed by atoms with Crippen LogP contribution in [-0.2, 0) is 0 Å². The third-order valence-corrected chi connectivity index (χ3v) is 3.03. The van der Waals surface area contributed by atoms with E-state index < -0.39 is 5.41 Å². The second-order valence-electron chi connectivity index (χ2n) is 4.60.